The van der Waals surface area contributed by atoms with E-state index < -0.39 is 59.5 Å². The van der Waals surface area contributed by atoms with Crippen molar-refractivity contribution in [3.8, 4) is 0 Å². The zero-order chi connectivity index (χ0) is 14.3. The highest BCUT2D eigenvalue weighted by Crippen LogP contribution is 2.37. The maximum Gasteiger partial charge on any atom is 0.255 e. The number of ether oxygens (including phenoxy) is 1. The molecule has 1 unspecified atom stereocenters. The second-order valence-electron chi connectivity index (χ2n) is 4.33. The first-order valence-electron chi connectivity index (χ1n) is 5.54. The van der Waals surface area contributed by atoms with Gasteiger partial charge in [0.25, 0.3) is 5.56 Å². The third-order valence-corrected chi connectivity index (χ3v) is 3.15. The lowest BCUT2D eigenvalue weighted by atomic mass is 10.0. The van der Waals surface area contributed by atoms with Crippen LogP contribution in [0.3, 0.4) is 0 Å². The van der Waals surface area contributed by atoms with Crippen molar-refractivity contribution in [1.29, 1.82) is 0 Å². The number of H-pyrrole nitrogens is 1. The lowest BCUT2D eigenvalue weighted by Crippen LogP contribution is -2.30. The molecular weight excluding hydrogens is 267 g/mol. The molecular formula is C11H12F3NO4. The summed E-state index contributed by atoms with van der Waals surface area (Å²) in [6, 6.07) is 0. The zero-order valence-electron chi connectivity index (χ0n) is 9.86. The summed E-state index contributed by atoms with van der Waals surface area (Å²) in [4.78, 5) is 12.9. The van der Waals surface area contributed by atoms with Crippen LogP contribution < -0.4 is 5.56 Å². The van der Waals surface area contributed by atoms with Crippen molar-refractivity contribution in [2.45, 2.75) is 31.4 Å². The van der Waals surface area contributed by atoms with Gasteiger partial charge in [-0.3, -0.25) is 9.78 Å². The quantitative estimate of drug-likeness (QED) is 0.670. The maximum absolute atomic E-state index is 13.9. The minimum atomic E-state index is -2.11. The number of pyridine rings is 1. The van der Waals surface area contributed by atoms with Crippen molar-refractivity contribution in [1.82, 2.24) is 4.98 Å². The zero-order valence-corrected chi connectivity index (χ0v) is 9.86. The molecule has 1 aliphatic heterocycles. The third-order valence-electron chi connectivity index (χ3n) is 3.15. The van der Waals surface area contributed by atoms with Gasteiger partial charge in [0.2, 0.25) is 5.95 Å². The molecule has 5 nitrogen and oxygen atoms in total. The molecule has 0 radical (unpaired) electrons. The number of hydrogen-bond acceptors (Lipinski definition) is 4. The highest BCUT2D eigenvalue weighted by Gasteiger charge is 2.47. The van der Waals surface area contributed by atoms with Crippen molar-refractivity contribution in [3.05, 3.63) is 33.2 Å². The predicted molar refractivity (Wildman–Crippen MR) is 57.3 cm³/mol. The number of hydrogen-bond donors (Lipinski definition) is 3. The Bertz CT molecular complexity index is 547. The van der Waals surface area contributed by atoms with E-state index in [1.54, 1.807) is 4.98 Å². The van der Waals surface area contributed by atoms with Gasteiger partial charge in [-0.1, -0.05) is 0 Å². The summed E-state index contributed by atoms with van der Waals surface area (Å²) in [5.74, 6) is -2.58. The molecule has 8 heteroatoms. The molecule has 3 N–H and O–H groups in total. The van der Waals surface area contributed by atoms with Crippen LogP contribution in [0, 0.1) is 18.7 Å². The second kappa shape index (κ2) is 4.95. The first kappa shape index (κ1) is 14.0. The van der Waals surface area contributed by atoms with Gasteiger partial charge in [-0.25, -0.2) is 8.78 Å². The van der Waals surface area contributed by atoms with E-state index >= 15 is 0 Å². The number of aromatic nitrogens is 1. The summed E-state index contributed by atoms with van der Waals surface area (Å²) in [7, 11) is 0. The average molecular weight is 279 g/mol. The van der Waals surface area contributed by atoms with Gasteiger partial charge in [0.1, 0.15) is 24.1 Å². The molecule has 0 saturated carbocycles. The highest BCUT2D eigenvalue weighted by atomic mass is 19.1. The van der Waals surface area contributed by atoms with Gasteiger partial charge in [0.15, 0.2) is 6.17 Å². The second-order valence-corrected chi connectivity index (χ2v) is 4.33. The Morgan fingerprint density at radius 2 is 2.05 bits per heavy atom. The highest BCUT2D eigenvalue weighted by molar-refractivity contribution is 5.26. The molecule has 19 heavy (non-hydrogen) atoms. The molecule has 0 aromatic carbocycles. The summed E-state index contributed by atoms with van der Waals surface area (Å²) in [6.07, 6.45) is -6.79. The molecule has 0 spiro atoms. The molecule has 1 aliphatic rings. The number of aliphatic hydroxyl groups is 2. The Kier molecular flexibility index (Phi) is 3.66. The van der Waals surface area contributed by atoms with Crippen LogP contribution in [0.15, 0.2) is 4.79 Å². The summed E-state index contributed by atoms with van der Waals surface area (Å²) in [6.45, 7) is 0.420. The Morgan fingerprint density at radius 3 is 2.58 bits per heavy atom. The van der Waals surface area contributed by atoms with Crippen LogP contribution in [0.25, 0.3) is 0 Å². The van der Waals surface area contributed by atoms with E-state index in [1.807, 2.05) is 0 Å². The standard InChI is InChI=1S/C11H12F3NO4/c1-3-6(12)5(10(14)15-11(3)18)9-7(13)8(17)4(2-16)19-9/h4,7-9,16-17H,2H2,1H3,(H,15,18)/t4-,7+,8?,9+/m1/s1. The topological polar surface area (TPSA) is 82.5 Å². The maximum atomic E-state index is 13.9. The van der Waals surface area contributed by atoms with E-state index in [4.69, 9.17) is 9.84 Å². The van der Waals surface area contributed by atoms with E-state index in [2.05, 4.69) is 0 Å². The largest absolute Gasteiger partial charge is 0.394 e. The van der Waals surface area contributed by atoms with Gasteiger partial charge in [-0.15, -0.1) is 0 Å². The fourth-order valence-corrected chi connectivity index (χ4v) is 2.01. The van der Waals surface area contributed by atoms with Crippen molar-refractivity contribution in [2.24, 2.45) is 0 Å². The summed E-state index contributed by atoms with van der Waals surface area (Å²) >= 11 is 0. The van der Waals surface area contributed by atoms with E-state index in [1.165, 1.54) is 0 Å². The molecule has 2 rings (SSSR count). The van der Waals surface area contributed by atoms with Gasteiger partial charge in [-0.2, -0.15) is 4.39 Å². The SMILES string of the molecule is Cc1c(F)c([C@@H]2O[C@H](CO)C(O)[C@@H]2F)c(F)[nH]c1=O. The molecule has 4 atom stereocenters. The van der Waals surface area contributed by atoms with Gasteiger partial charge in [0, 0.05) is 0 Å². The Balaban J connectivity index is 2.49. The number of aromatic amines is 1. The van der Waals surface area contributed by atoms with Gasteiger partial charge in [-0.05, 0) is 6.92 Å². The number of rotatable bonds is 2. The lowest BCUT2D eigenvalue weighted by Gasteiger charge is -2.15. The fraction of sp³-hybridized carbons (Fsp3) is 0.545. The molecule has 1 fully saturated rings. The Morgan fingerprint density at radius 1 is 1.42 bits per heavy atom. The molecule has 106 valence electrons. The first-order valence-corrected chi connectivity index (χ1v) is 5.54. The number of aliphatic hydroxyl groups excluding tert-OH is 2. The van der Waals surface area contributed by atoms with Crippen LogP contribution in [-0.2, 0) is 4.74 Å². The van der Waals surface area contributed by atoms with Crippen LogP contribution in [0.1, 0.15) is 17.2 Å². The Labute approximate surface area is 105 Å². The first-order chi connectivity index (χ1) is 8.88. The van der Waals surface area contributed by atoms with Crippen molar-refractivity contribution in [3.63, 3.8) is 0 Å². The molecule has 0 bridgehead atoms. The third kappa shape index (κ3) is 2.15. The molecule has 1 aromatic rings. The summed E-state index contributed by atoms with van der Waals surface area (Å²) in [5, 5.41) is 18.3. The molecule has 0 amide bonds. The van der Waals surface area contributed by atoms with E-state index in [-0.39, 0.29) is 0 Å². The van der Waals surface area contributed by atoms with Crippen LogP contribution in [-0.4, -0.2) is 40.2 Å². The van der Waals surface area contributed by atoms with Gasteiger partial charge >= 0.3 is 0 Å². The predicted octanol–water partition coefficient (Wildman–Crippen LogP) is 0.0927. The minimum absolute atomic E-state index is 0.408. The van der Waals surface area contributed by atoms with Crippen molar-refractivity contribution >= 4 is 0 Å². The van der Waals surface area contributed by atoms with E-state index in [0.717, 1.165) is 6.92 Å². The monoisotopic (exact) mass is 279 g/mol. The van der Waals surface area contributed by atoms with Crippen molar-refractivity contribution < 1.29 is 28.1 Å². The van der Waals surface area contributed by atoms with Crippen LogP contribution >= 0.6 is 0 Å². The van der Waals surface area contributed by atoms with Gasteiger partial charge < -0.3 is 14.9 Å². The van der Waals surface area contributed by atoms with Crippen LogP contribution in [0.2, 0.25) is 0 Å². The van der Waals surface area contributed by atoms with Crippen LogP contribution in [0.4, 0.5) is 13.2 Å². The minimum Gasteiger partial charge on any atom is -0.394 e. The number of nitrogens with one attached hydrogen (secondary N) is 1. The van der Waals surface area contributed by atoms with Crippen molar-refractivity contribution in [2.75, 3.05) is 6.61 Å². The average Bonchev–Trinajstić information content (AvgIpc) is 2.64. The molecule has 1 aromatic heterocycles. The van der Waals surface area contributed by atoms with Gasteiger partial charge in [0.05, 0.1) is 17.7 Å². The normalized spacial score (nSPS) is 30.8. The smallest absolute Gasteiger partial charge is 0.255 e. The number of alkyl halides is 1. The summed E-state index contributed by atoms with van der Waals surface area (Å²) in [5.41, 5.74) is -2.17. The fourth-order valence-electron chi connectivity index (χ4n) is 2.01. The van der Waals surface area contributed by atoms with E-state index in [9.17, 15) is 23.1 Å². The lowest BCUT2D eigenvalue weighted by molar-refractivity contribution is -0.0246. The Hall–Kier alpha value is -1.38. The van der Waals surface area contributed by atoms with E-state index in [0.29, 0.717) is 0 Å². The molecule has 2 heterocycles. The number of halogens is 3. The molecule has 1 saturated heterocycles. The summed E-state index contributed by atoms with van der Waals surface area (Å²) < 4.78 is 46.1. The van der Waals surface area contributed by atoms with Crippen LogP contribution in [0.5, 0.6) is 0 Å². The molecule has 0 aliphatic carbocycles.